The van der Waals surface area contributed by atoms with Crippen LogP contribution >= 0.6 is 0 Å². The van der Waals surface area contributed by atoms with Gasteiger partial charge in [-0.05, 0) is 25.8 Å². The fourth-order valence-electron chi connectivity index (χ4n) is 2.70. The standard InChI is InChI=1S/C17H20N4O4/c1-2-25-14(22)9-13(17(24)19-10-7-8-10)21-12-6-4-3-5-11(12)15(20-21)16(18)23/h3-6,10,13H,2,7-9H2,1H3,(H2,18,23)(H,19,24). The van der Waals surface area contributed by atoms with Gasteiger partial charge in [0.15, 0.2) is 5.69 Å². The fourth-order valence-corrected chi connectivity index (χ4v) is 2.70. The summed E-state index contributed by atoms with van der Waals surface area (Å²) in [4.78, 5) is 36.3. The minimum absolute atomic E-state index is 0.0729. The van der Waals surface area contributed by atoms with Crippen LogP contribution in [0.3, 0.4) is 0 Å². The Bertz CT molecular complexity index is 825. The smallest absolute Gasteiger partial charge is 0.308 e. The Balaban J connectivity index is 2.02. The van der Waals surface area contributed by atoms with Gasteiger partial charge >= 0.3 is 5.97 Å². The Kier molecular flexibility index (Phi) is 4.69. The molecule has 2 aromatic rings. The first-order chi connectivity index (χ1) is 12.0. The monoisotopic (exact) mass is 344 g/mol. The maximum absolute atomic E-state index is 12.7. The molecule has 8 heteroatoms. The van der Waals surface area contributed by atoms with Crippen LogP contribution in [0.25, 0.3) is 10.9 Å². The predicted molar refractivity (Wildman–Crippen MR) is 89.7 cm³/mol. The number of carbonyl (C=O) groups excluding carboxylic acids is 3. The Morgan fingerprint density at radius 1 is 1.36 bits per heavy atom. The Hall–Kier alpha value is -2.90. The molecule has 1 aromatic carbocycles. The predicted octanol–water partition coefficient (Wildman–Crippen LogP) is 0.908. The van der Waals surface area contributed by atoms with Crippen LogP contribution in [0.1, 0.15) is 42.7 Å². The van der Waals surface area contributed by atoms with Gasteiger partial charge in [-0.1, -0.05) is 18.2 Å². The zero-order valence-corrected chi connectivity index (χ0v) is 13.9. The van der Waals surface area contributed by atoms with Crippen molar-refractivity contribution < 1.29 is 19.1 Å². The van der Waals surface area contributed by atoms with Gasteiger partial charge in [0.1, 0.15) is 6.04 Å². The number of carbonyl (C=O) groups is 3. The highest BCUT2D eigenvalue weighted by Gasteiger charge is 2.32. The van der Waals surface area contributed by atoms with Crippen molar-refractivity contribution >= 4 is 28.7 Å². The molecule has 0 aliphatic heterocycles. The normalized spacial score (nSPS) is 14.9. The second-order valence-electron chi connectivity index (χ2n) is 5.98. The van der Waals surface area contributed by atoms with Crippen molar-refractivity contribution in [3.05, 3.63) is 30.0 Å². The molecule has 132 valence electrons. The van der Waals surface area contributed by atoms with Crippen LogP contribution in [-0.2, 0) is 14.3 Å². The van der Waals surface area contributed by atoms with Crippen LogP contribution in [0.5, 0.6) is 0 Å². The zero-order valence-electron chi connectivity index (χ0n) is 13.9. The molecule has 0 saturated heterocycles. The van der Waals surface area contributed by atoms with Crippen LogP contribution in [-0.4, -0.2) is 40.2 Å². The molecule has 3 rings (SSSR count). The van der Waals surface area contributed by atoms with E-state index in [1.54, 1.807) is 31.2 Å². The largest absolute Gasteiger partial charge is 0.466 e. The van der Waals surface area contributed by atoms with E-state index >= 15 is 0 Å². The third-order valence-electron chi connectivity index (χ3n) is 4.03. The number of aromatic nitrogens is 2. The lowest BCUT2D eigenvalue weighted by Gasteiger charge is -2.17. The number of hydrogen-bond donors (Lipinski definition) is 2. The molecule has 1 unspecified atom stereocenters. The van der Waals surface area contributed by atoms with Crippen LogP contribution in [0, 0.1) is 0 Å². The number of nitrogens with zero attached hydrogens (tertiary/aromatic N) is 2. The van der Waals surface area contributed by atoms with Crippen molar-refractivity contribution in [2.45, 2.75) is 38.3 Å². The van der Waals surface area contributed by atoms with Crippen molar-refractivity contribution in [2.24, 2.45) is 5.73 Å². The molecule has 2 amide bonds. The fraction of sp³-hybridized carbons (Fsp3) is 0.412. The van der Waals surface area contributed by atoms with E-state index in [-0.39, 0.29) is 30.7 Å². The summed E-state index contributed by atoms with van der Waals surface area (Å²) in [5, 5.41) is 7.65. The first-order valence-corrected chi connectivity index (χ1v) is 8.24. The zero-order chi connectivity index (χ0) is 18.0. The minimum atomic E-state index is -0.905. The van der Waals surface area contributed by atoms with Gasteiger partial charge in [-0.25, -0.2) is 0 Å². The number of ether oxygens (including phenoxy) is 1. The lowest BCUT2D eigenvalue weighted by Crippen LogP contribution is -2.36. The number of nitrogens with one attached hydrogen (secondary N) is 1. The molecule has 1 atom stereocenters. The molecule has 1 aliphatic carbocycles. The summed E-state index contributed by atoms with van der Waals surface area (Å²) < 4.78 is 6.37. The van der Waals surface area contributed by atoms with E-state index in [4.69, 9.17) is 10.5 Å². The van der Waals surface area contributed by atoms with Gasteiger partial charge in [0.25, 0.3) is 5.91 Å². The number of rotatable bonds is 7. The highest BCUT2D eigenvalue weighted by molar-refractivity contribution is 6.04. The topological polar surface area (TPSA) is 116 Å². The van der Waals surface area contributed by atoms with Gasteiger partial charge in [0.2, 0.25) is 5.91 Å². The van der Waals surface area contributed by atoms with Crippen LogP contribution in [0.2, 0.25) is 0 Å². The molecule has 1 fully saturated rings. The summed E-state index contributed by atoms with van der Waals surface area (Å²) in [6.07, 6.45) is 1.67. The lowest BCUT2D eigenvalue weighted by atomic mass is 10.1. The van der Waals surface area contributed by atoms with Crippen molar-refractivity contribution in [2.75, 3.05) is 6.61 Å². The highest BCUT2D eigenvalue weighted by Crippen LogP contribution is 2.26. The Labute approximate surface area is 144 Å². The third-order valence-corrected chi connectivity index (χ3v) is 4.03. The molecule has 3 N–H and O–H groups in total. The first-order valence-electron chi connectivity index (χ1n) is 8.24. The second-order valence-corrected chi connectivity index (χ2v) is 5.98. The molecule has 1 heterocycles. The number of nitrogens with two attached hydrogens (primary N) is 1. The molecular weight excluding hydrogens is 324 g/mol. The molecule has 0 bridgehead atoms. The number of fused-ring (bicyclic) bond motifs is 1. The van der Waals surface area contributed by atoms with E-state index in [9.17, 15) is 14.4 Å². The summed E-state index contributed by atoms with van der Waals surface area (Å²) in [5.74, 6) is -1.51. The molecule has 0 spiro atoms. The number of primary amides is 1. The molecule has 1 saturated carbocycles. The summed E-state index contributed by atoms with van der Waals surface area (Å²) in [6, 6.07) is 6.19. The Morgan fingerprint density at radius 3 is 2.72 bits per heavy atom. The van der Waals surface area contributed by atoms with Crippen molar-refractivity contribution in [3.8, 4) is 0 Å². The van der Waals surface area contributed by atoms with Crippen LogP contribution in [0.4, 0.5) is 0 Å². The first kappa shape index (κ1) is 16.9. The van der Waals surface area contributed by atoms with Crippen molar-refractivity contribution in [1.82, 2.24) is 15.1 Å². The lowest BCUT2D eigenvalue weighted by molar-refractivity contribution is -0.146. The Morgan fingerprint density at radius 2 is 2.08 bits per heavy atom. The van der Waals surface area contributed by atoms with Crippen molar-refractivity contribution in [3.63, 3.8) is 0 Å². The maximum Gasteiger partial charge on any atom is 0.308 e. The van der Waals surface area contributed by atoms with Gasteiger partial charge in [-0.3, -0.25) is 19.1 Å². The number of benzene rings is 1. The van der Waals surface area contributed by atoms with Crippen molar-refractivity contribution in [1.29, 1.82) is 0 Å². The average molecular weight is 344 g/mol. The summed E-state index contributed by atoms with van der Waals surface area (Å²) in [6.45, 7) is 1.92. The molecular formula is C17H20N4O4. The maximum atomic E-state index is 12.7. The van der Waals surface area contributed by atoms with E-state index in [1.807, 2.05) is 0 Å². The van der Waals surface area contributed by atoms with E-state index in [0.717, 1.165) is 12.8 Å². The molecule has 1 aromatic heterocycles. The van der Waals surface area contributed by atoms with Gasteiger partial charge in [0, 0.05) is 11.4 Å². The van der Waals surface area contributed by atoms with E-state index in [2.05, 4.69) is 10.4 Å². The highest BCUT2D eigenvalue weighted by atomic mass is 16.5. The average Bonchev–Trinajstić information content (AvgIpc) is 3.30. The number of esters is 1. The number of hydrogen-bond acceptors (Lipinski definition) is 5. The summed E-state index contributed by atoms with van der Waals surface area (Å²) >= 11 is 0. The minimum Gasteiger partial charge on any atom is -0.466 e. The van der Waals surface area contributed by atoms with Gasteiger partial charge in [-0.2, -0.15) is 5.10 Å². The quantitative estimate of drug-likeness (QED) is 0.724. The summed E-state index contributed by atoms with van der Waals surface area (Å²) in [7, 11) is 0. The van der Waals surface area contributed by atoms with Gasteiger partial charge in [-0.15, -0.1) is 0 Å². The molecule has 8 nitrogen and oxygen atoms in total. The van der Waals surface area contributed by atoms with E-state index in [1.165, 1.54) is 4.68 Å². The van der Waals surface area contributed by atoms with Gasteiger partial charge in [0.05, 0.1) is 18.5 Å². The number of para-hydroxylation sites is 1. The van der Waals surface area contributed by atoms with E-state index < -0.39 is 17.9 Å². The molecule has 25 heavy (non-hydrogen) atoms. The SMILES string of the molecule is CCOC(=O)CC(C(=O)NC1CC1)n1nc(C(N)=O)c2ccccc21. The van der Waals surface area contributed by atoms with E-state index in [0.29, 0.717) is 10.9 Å². The molecule has 1 aliphatic rings. The van der Waals surface area contributed by atoms with Gasteiger partial charge < -0.3 is 15.8 Å². The van der Waals surface area contributed by atoms with Crippen LogP contribution < -0.4 is 11.1 Å². The second kappa shape index (κ2) is 6.92. The molecule has 0 radical (unpaired) electrons. The van der Waals surface area contributed by atoms with Crippen LogP contribution in [0.15, 0.2) is 24.3 Å². The summed E-state index contributed by atoms with van der Waals surface area (Å²) in [5.41, 5.74) is 6.04. The third kappa shape index (κ3) is 3.62. The number of amides is 2.